The predicted octanol–water partition coefficient (Wildman–Crippen LogP) is 1.93. The van der Waals surface area contributed by atoms with Gasteiger partial charge in [-0.3, -0.25) is 4.79 Å². The van der Waals surface area contributed by atoms with Crippen LogP contribution in [0.1, 0.15) is 12.0 Å². The van der Waals surface area contributed by atoms with Crippen LogP contribution in [-0.4, -0.2) is 35.7 Å². The summed E-state index contributed by atoms with van der Waals surface area (Å²) in [6, 6.07) is 9.38. The molecule has 0 aliphatic heterocycles. The number of carbonyl (C=O) groups is 1. The van der Waals surface area contributed by atoms with Crippen molar-refractivity contribution in [1.29, 1.82) is 0 Å². The van der Waals surface area contributed by atoms with Crippen LogP contribution >= 0.6 is 0 Å². The third-order valence-corrected chi connectivity index (χ3v) is 4.77. The highest BCUT2D eigenvalue weighted by Gasteiger charge is 2.14. The van der Waals surface area contributed by atoms with Gasteiger partial charge >= 0.3 is 0 Å². The first-order chi connectivity index (χ1) is 12.8. The zero-order chi connectivity index (χ0) is 20.0. The number of aryl methyl sites for hydroxylation is 1. The highest BCUT2D eigenvalue weighted by Crippen LogP contribution is 2.39. The van der Waals surface area contributed by atoms with Crippen LogP contribution in [0.4, 0.5) is 5.69 Å². The number of methoxy groups -OCH3 is 3. The Morgan fingerprint density at radius 2 is 1.56 bits per heavy atom. The molecular weight excluding hydrogens is 372 g/mol. The molecule has 2 aromatic rings. The minimum Gasteiger partial charge on any atom is -0.493 e. The van der Waals surface area contributed by atoms with Crippen molar-refractivity contribution in [3.63, 3.8) is 0 Å². The molecule has 0 fully saturated rings. The Labute approximate surface area is 158 Å². The summed E-state index contributed by atoms with van der Waals surface area (Å²) in [4.78, 5) is 12.3. The van der Waals surface area contributed by atoms with Crippen LogP contribution in [0.3, 0.4) is 0 Å². The van der Waals surface area contributed by atoms with Gasteiger partial charge in [0, 0.05) is 24.2 Å². The number of hydrogen-bond acceptors (Lipinski definition) is 6. The number of nitrogens with two attached hydrogens (primary N) is 1. The molecule has 9 heteroatoms. The number of carbonyl (C=O) groups excluding carboxylic acids is 1. The third-order valence-electron chi connectivity index (χ3n) is 3.84. The van der Waals surface area contributed by atoms with Gasteiger partial charge in [0.15, 0.2) is 11.5 Å². The maximum Gasteiger partial charge on any atom is 0.238 e. The fraction of sp³-hybridized carbons (Fsp3) is 0.278. The molecule has 0 saturated heterocycles. The molecule has 0 aromatic heterocycles. The molecule has 27 heavy (non-hydrogen) atoms. The summed E-state index contributed by atoms with van der Waals surface area (Å²) in [5, 5.41) is 7.84. The van der Waals surface area contributed by atoms with Crippen LogP contribution < -0.4 is 24.7 Å². The second-order valence-electron chi connectivity index (χ2n) is 5.65. The van der Waals surface area contributed by atoms with Gasteiger partial charge in [-0.15, -0.1) is 0 Å². The third kappa shape index (κ3) is 5.35. The van der Waals surface area contributed by atoms with Gasteiger partial charge in [-0.05, 0) is 24.1 Å². The normalized spacial score (nSPS) is 11.0. The molecule has 0 atom stereocenters. The molecule has 0 heterocycles. The maximum absolute atomic E-state index is 12.2. The van der Waals surface area contributed by atoms with Crippen molar-refractivity contribution in [3.8, 4) is 17.2 Å². The van der Waals surface area contributed by atoms with Gasteiger partial charge in [0.1, 0.15) is 0 Å². The minimum atomic E-state index is -3.72. The van der Waals surface area contributed by atoms with E-state index >= 15 is 0 Å². The molecular formula is C18H22N2O6S. The molecule has 0 aliphatic rings. The Balaban J connectivity index is 2.03. The summed E-state index contributed by atoms with van der Waals surface area (Å²) in [6.45, 7) is 0. The van der Waals surface area contributed by atoms with Gasteiger partial charge in [-0.1, -0.05) is 12.1 Å². The number of hydrogen-bond donors (Lipinski definition) is 2. The summed E-state index contributed by atoms with van der Waals surface area (Å²) in [7, 11) is 0.764. The lowest BCUT2D eigenvalue weighted by Gasteiger charge is -2.14. The van der Waals surface area contributed by atoms with Crippen molar-refractivity contribution in [2.45, 2.75) is 17.7 Å². The van der Waals surface area contributed by atoms with Crippen molar-refractivity contribution in [3.05, 3.63) is 42.0 Å². The maximum atomic E-state index is 12.2. The van der Waals surface area contributed by atoms with E-state index in [1.807, 2.05) is 0 Å². The Kier molecular flexibility index (Phi) is 6.65. The highest BCUT2D eigenvalue weighted by atomic mass is 32.2. The Morgan fingerprint density at radius 1 is 1.00 bits per heavy atom. The molecule has 2 rings (SSSR count). The summed E-state index contributed by atoms with van der Waals surface area (Å²) in [5.74, 6) is 1.10. The Morgan fingerprint density at radius 3 is 2.00 bits per heavy atom. The zero-order valence-electron chi connectivity index (χ0n) is 15.3. The molecule has 0 saturated carbocycles. The molecule has 3 N–H and O–H groups in total. The quantitative estimate of drug-likeness (QED) is 0.707. The standard InChI is InChI=1S/C18H22N2O6S/c1-24-15-10-13(11-16(25-2)18(15)26-3)20-17(21)9-6-12-4-7-14(8-5-12)27(19,22)23/h4-5,7-8,10-11H,6,9H2,1-3H3,(H,20,21)(H2,19,22,23). The van der Waals surface area contributed by atoms with Crippen LogP contribution in [-0.2, 0) is 21.2 Å². The Bertz CT molecular complexity index is 885. The topological polar surface area (TPSA) is 117 Å². The number of primary sulfonamides is 1. The molecule has 0 unspecified atom stereocenters. The van der Waals surface area contributed by atoms with E-state index in [1.165, 1.54) is 33.5 Å². The van der Waals surface area contributed by atoms with E-state index < -0.39 is 10.0 Å². The van der Waals surface area contributed by atoms with E-state index in [9.17, 15) is 13.2 Å². The van der Waals surface area contributed by atoms with E-state index in [4.69, 9.17) is 19.3 Å². The Hall–Kier alpha value is -2.78. The second-order valence-corrected chi connectivity index (χ2v) is 7.21. The monoisotopic (exact) mass is 394 g/mol. The predicted molar refractivity (Wildman–Crippen MR) is 101 cm³/mol. The number of ether oxygens (including phenoxy) is 3. The average Bonchev–Trinajstić information content (AvgIpc) is 2.65. The minimum absolute atomic E-state index is 0.0353. The molecule has 0 spiro atoms. The number of anilines is 1. The van der Waals surface area contributed by atoms with Crippen LogP contribution in [0.5, 0.6) is 17.2 Å². The van der Waals surface area contributed by atoms with Crippen molar-refractivity contribution >= 4 is 21.6 Å². The van der Waals surface area contributed by atoms with E-state index in [1.54, 1.807) is 24.3 Å². The zero-order valence-corrected chi connectivity index (χ0v) is 16.1. The SMILES string of the molecule is COc1cc(NC(=O)CCc2ccc(S(N)(=O)=O)cc2)cc(OC)c1OC. The second kappa shape index (κ2) is 8.74. The summed E-state index contributed by atoms with van der Waals surface area (Å²) in [6.07, 6.45) is 0.659. The summed E-state index contributed by atoms with van der Waals surface area (Å²) >= 11 is 0. The number of nitrogens with one attached hydrogen (secondary N) is 1. The van der Waals surface area contributed by atoms with E-state index in [0.717, 1.165) is 5.56 Å². The summed E-state index contributed by atoms with van der Waals surface area (Å²) in [5.41, 5.74) is 1.33. The first-order valence-corrected chi connectivity index (χ1v) is 9.54. The van der Waals surface area contributed by atoms with Crippen LogP contribution in [0.25, 0.3) is 0 Å². The molecule has 146 valence electrons. The van der Waals surface area contributed by atoms with Gasteiger partial charge in [0.2, 0.25) is 21.7 Å². The molecule has 2 aromatic carbocycles. The fourth-order valence-corrected chi connectivity index (χ4v) is 3.00. The number of benzene rings is 2. The summed E-state index contributed by atoms with van der Waals surface area (Å²) < 4.78 is 38.2. The van der Waals surface area contributed by atoms with Gasteiger partial charge in [-0.2, -0.15) is 0 Å². The van der Waals surface area contributed by atoms with Crippen molar-refractivity contribution in [2.75, 3.05) is 26.6 Å². The molecule has 1 amide bonds. The number of amides is 1. The van der Waals surface area contributed by atoms with E-state index in [-0.39, 0.29) is 17.2 Å². The van der Waals surface area contributed by atoms with Crippen LogP contribution in [0, 0.1) is 0 Å². The first kappa shape index (κ1) is 20.5. The molecule has 0 bridgehead atoms. The number of sulfonamides is 1. The van der Waals surface area contributed by atoms with E-state index in [0.29, 0.717) is 29.4 Å². The smallest absolute Gasteiger partial charge is 0.238 e. The van der Waals surface area contributed by atoms with Gasteiger partial charge in [0.25, 0.3) is 0 Å². The van der Waals surface area contributed by atoms with E-state index in [2.05, 4.69) is 5.32 Å². The van der Waals surface area contributed by atoms with Crippen LogP contribution in [0.15, 0.2) is 41.3 Å². The lowest BCUT2D eigenvalue weighted by molar-refractivity contribution is -0.116. The van der Waals surface area contributed by atoms with Crippen molar-refractivity contribution < 1.29 is 27.4 Å². The largest absolute Gasteiger partial charge is 0.493 e. The first-order valence-electron chi connectivity index (χ1n) is 8.00. The lowest BCUT2D eigenvalue weighted by atomic mass is 10.1. The lowest BCUT2D eigenvalue weighted by Crippen LogP contribution is -2.13. The average molecular weight is 394 g/mol. The van der Waals surface area contributed by atoms with Gasteiger partial charge < -0.3 is 19.5 Å². The molecule has 0 radical (unpaired) electrons. The van der Waals surface area contributed by atoms with Gasteiger partial charge in [0.05, 0.1) is 26.2 Å². The van der Waals surface area contributed by atoms with Crippen molar-refractivity contribution in [2.24, 2.45) is 5.14 Å². The fourth-order valence-electron chi connectivity index (χ4n) is 2.48. The van der Waals surface area contributed by atoms with Crippen LogP contribution in [0.2, 0.25) is 0 Å². The van der Waals surface area contributed by atoms with Crippen molar-refractivity contribution in [1.82, 2.24) is 0 Å². The number of rotatable bonds is 8. The van der Waals surface area contributed by atoms with Gasteiger partial charge in [-0.25, -0.2) is 13.6 Å². The highest BCUT2D eigenvalue weighted by molar-refractivity contribution is 7.89. The molecule has 0 aliphatic carbocycles. The molecule has 8 nitrogen and oxygen atoms in total.